The summed E-state index contributed by atoms with van der Waals surface area (Å²) in [7, 11) is 1.66. The molecule has 0 spiro atoms. The summed E-state index contributed by atoms with van der Waals surface area (Å²) in [6.45, 7) is 1.35. The highest BCUT2D eigenvalue weighted by molar-refractivity contribution is 6.00. The maximum atomic E-state index is 12.7. The Bertz CT molecular complexity index is 874. The first-order chi connectivity index (χ1) is 13.2. The predicted molar refractivity (Wildman–Crippen MR) is 104 cm³/mol. The number of hydrogen-bond acceptors (Lipinski definition) is 3. The zero-order chi connectivity index (χ0) is 18.8. The molecule has 2 heterocycles. The van der Waals surface area contributed by atoms with Crippen LogP contribution >= 0.6 is 0 Å². The molecule has 1 N–H and O–H groups in total. The van der Waals surface area contributed by atoms with Gasteiger partial charge in [0.25, 0.3) is 5.91 Å². The summed E-state index contributed by atoms with van der Waals surface area (Å²) in [6.07, 6.45) is 3.85. The van der Waals surface area contributed by atoms with E-state index in [4.69, 9.17) is 4.74 Å². The fourth-order valence-corrected chi connectivity index (χ4v) is 4.11. The van der Waals surface area contributed by atoms with Gasteiger partial charge in [0.05, 0.1) is 12.8 Å². The van der Waals surface area contributed by atoms with Crippen LogP contribution in [-0.4, -0.2) is 32.0 Å². The molecule has 5 nitrogen and oxygen atoms in total. The minimum Gasteiger partial charge on any atom is -0.496 e. The molecular weight excluding hydrogens is 340 g/mol. The molecule has 0 aromatic heterocycles. The summed E-state index contributed by atoms with van der Waals surface area (Å²) in [5.74, 6) is 0.991. The van der Waals surface area contributed by atoms with Crippen LogP contribution in [0.1, 0.15) is 39.9 Å². The van der Waals surface area contributed by atoms with Crippen LogP contribution in [0.4, 0.5) is 5.69 Å². The Balaban J connectivity index is 1.48. The fourth-order valence-electron chi connectivity index (χ4n) is 4.11. The van der Waals surface area contributed by atoms with Gasteiger partial charge in [0, 0.05) is 25.1 Å². The Hall–Kier alpha value is -2.82. The number of nitrogens with zero attached hydrogens (tertiary/aromatic N) is 1. The van der Waals surface area contributed by atoms with Crippen LogP contribution in [0.15, 0.2) is 36.4 Å². The Labute approximate surface area is 159 Å². The third-order valence-corrected chi connectivity index (χ3v) is 5.41. The molecule has 0 fully saturated rings. The van der Waals surface area contributed by atoms with E-state index in [1.165, 1.54) is 0 Å². The first-order valence-electron chi connectivity index (χ1n) is 9.53. The van der Waals surface area contributed by atoms with E-state index in [2.05, 4.69) is 5.32 Å². The molecule has 0 atom stereocenters. The Morgan fingerprint density at radius 3 is 2.74 bits per heavy atom. The highest BCUT2D eigenvalue weighted by Crippen LogP contribution is 2.36. The number of aryl methyl sites for hydroxylation is 2. The van der Waals surface area contributed by atoms with Gasteiger partial charge in [-0.25, -0.2) is 0 Å². The smallest absolute Gasteiger partial charge is 0.251 e. The van der Waals surface area contributed by atoms with Crippen LogP contribution in [0.25, 0.3) is 0 Å². The number of anilines is 1. The molecular formula is C22H24N2O3. The molecule has 0 radical (unpaired) electrons. The molecule has 0 aliphatic carbocycles. The van der Waals surface area contributed by atoms with E-state index in [1.807, 2.05) is 41.3 Å². The molecule has 2 aromatic rings. The second-order valence-corrected chi connectivity index (χ2v) is 7.11. The number of hydrogen-bond donors (Lipinski definition) is 1. The third kappa shape index (κ3) is 3.42. The van der Waals surface area contributed by atoms with E-state index in [1.54, 1.807) is 7.11 Å². The number of methoxy groups -OCH3 is 1. The lowest BCUT2D eigenvalue weighted by Gasteiger charge is -2.35. The van der Waals surface area contributed by atoms with Crippen molar-refractivity contribution in [2.45, 2.75) is 32.1 Å². The van der Waals surface area contributed by atoms with Gasteiger partial charge in [0.15, 0.2) is 0 Å². The van der Waals surface area contributed by atoms with Crippen molar-refractivity contribution in [3.8, 4) is 5.75 Å². The molecule has 0 saturated carbocycles. The monoisotopic (exact) mass is 364 g/mol. The van der Waals surface area contributed by atoms with Gasteiger partial charge in [-0.3, -0.25) is 9.59 Å². The number of rotatable bonds is 5. The Morgan fingerprint density at radius 2 is 1.93 bits per heavy atom. The second kappa shape index (κ2) is 7.43. The second-order valence-electron chi connectivity index (χ2n) is 7.11. The molecule has 5 heteroatoms. The summed E-state index contributed by atoms with van der Waals surface area (Å²) >= 11 is 0. The molecule has 140 valence electrons. The molecule has 2 amide bonds. The van der Waals surface area contributed by atoms with Crippen LogP contribution in [0, 0.1) is 0 Å². The zero-order valence-corrected chi connectivity index (χ0v) is 15.6. The number of benzene rings is 2. The van der Waals surface area contributed by atoms with Crippen molar-refractivity contribution >= 4 is 17.5 Å². The van der Waals surface area contributed by atoms with Crippen molar-refractivity contribution in [1.82, 2.24) is 5.32 Å². The van der Waals surface area contributed by atoms with E-state index >= 15 is 0 Å². The van der Waals surface area contributed by atoms with Crippen LogP contribution in [0.3, 0.4) is 0 Å². The highest BCUT2D eigenvalue weighted by atomic mass is 16.5. The van der Waals surface area contributed by atoms with Gasteiger partial charge < -0.3 is 15.0 Å². The highest BCUT2D eigenvalue weighted by Gasteiger charge is 2.30. The number of carbonyl (C=O) groups is 2. The molecule has 0 saturated heterocycles. The van der Waals surface area contributed by atoms with E-state index in [0.29, 0.717) is 18.5 Å². The van der Waals surface area contributed by atoms with Crippen LogP contribution < -0.4 is 15.0 Å². The van der Waals surface area contributed by atoms with Crippen molar-refractivity contribution in [3.63, 3.8) is 0 Å². The molecule has 2 aliphatic heterocycles. The Kier molecular flexibility index (Phi) is 4.84. The number of ether oxygens (including phenoxy) is 1. The van der Waals surface area contributed by atoms with Crippen LogP contribution in [0.5, 0.6) is 5.75 Å². The van der Waals surface area contributed by atoms with E-state index in [-0.39, 0.29) is 11.8 Å². The lowest BCUT2D eigenvalue weighted by Crippen LogP contribution is -2.39. The number of carbonyl (C=O) groups excluding carboxylic acids is 2. The van der Waals surface area contributed by atoms with Crippen molar-refractivity contribution in [1.29, 1.82) is 0 Å². The van der Waals surface area contributed by atoms with Crippen LogP contribution in [-0.2, 0) is 24.1 Å². The average molecular weight is 364 g/mol. The maximum absolute atomic E-state index is 12.7. The first-order valence-corrected chi connectivity index (χ1v) is 9.53. The van der Waals surface area contributed by atoms with Gasteiger partial charge >= 0.3 is 0 Å². The van der Waals surface area contributed by atoms with Crippen LogP contribution in [0.2, 0.25) is 0 Å². The molecule has 27 heavy (non-hydrogen) atoms. The van der Waals surface area contributed by atoms with E-state index in [0.717, 1.165) is 60.4 Å². The summed E-state index contributed by atoms with van der Waals surface area (Å²) in [4.78, 5) is 26.7. The summed E-state index contributed by atoms with van der Waals surface area (Å²) in [6, 6.07) is 11.8. The normalized spacial score (nSPS) is 15.3. The molecule has 2 aliphatic rings. The number of para-hydroxylation sites is 1. The minimum absolute atomic E-state index is 0.0574. The first kappa shape index (κ1) is 17.6. The van der Waals surface area contributed by atoms with Gasteiger partial charge in [-0.05, 0) is 60.6 Å². The minimum atomic E-state index is -0.0574. The van der Waals surface area contributed by atoms with Gasteiger partial charge in [-0.2, -0.15) is 0 Å². The van der Waals surface area contributed by atoms with Gasteiger partial charge in [0.1, 0.15) is 5.75 Å². The van der Waals surface area contributed by atoms with E-state index < -0.39 is 0 Å². The molecule has 0 unspecified atom stereocenters. The zero-order valence-electron chi connectivity index (χ0n) is 15.6. The average Bonchev–Trinajstić information content (AvgIpc) is 2.70. The summed E-state index contributed by atoms with van der Waals surface area (Å²) in [5, 5.41) is 3.02. The maximum Gasteiger partial charge on any atom is 0.251 e. The largest absolute Gasteiger partial charge is 0.496 e. The van der Waals surface area contributed by atoms with Gasteiger partial charge in [-0.1, -0.05) is 18.2 Å². The van der Waals surface area contributed by atoms with Gasteiger partial charge in [0.2, 0.25) is 5.91 Å². The lowest BCUT2D eigenvalue weighted by molar-refractivity contribution is -0.119. The quantitative estimate of drug-likeness (QED) is 0.887. The third-order valence-electron chi connectivity index (χ3n) is 5.41. The van der Waals surface area contributed by atoms with Crippen molar-refractivity contribution < 1.29 is 14.3 Å². The predicted octanol–water partition coefficient (Wildman–Crippen LogP) is 2.89. The van der Waals surface area contributed by atoms with Gasteiger partial charge in [-0.15, -0.1) is 0 Å². The molecule has 4 rings (SSSR count). The van der Waals surface area contributed by atoms with Crippen molar-refractivity contribution in [3.05, 3.63) is 58.7 Å². The summed E-state index contributed by atoms with van der Waals surface area (Å²) in [5.41, 5.74) is 5.08. The number of amides is 2. The fraction of sp³-hybridized carbons (Fsp3) is 0.364. The van der Waals surface area contributed by atoms with Crippen molar-refractivity contribution in [2.75, 3.05) is 25.1 Å². The lowest BCUT2D eigenvalue weighted by atomic mass is 9.89. The Morgan fingerprint density at radius 1 is 1.15 bits per heavy atom. The summed E-state index contributed by atoms with van der Waals surface area (Å²) < 4.78 is 5.36. The van der Waals surface area contributed by atoms with Crippen molar-refractivity contribution in [2.24, 2.45) is 0 Å². The SMILES string of the molecule is COc1ccccc1CCNC(=O)c1cc2c3c(c1)CCC(=O)N3CCC2. The van der Waals surface area contributed by atoms with E-state index in [9.17, 15) is 9.59 Å². The number of nitrogens with one attached hydrogen (secondary N) is 1. The standard InChI is InChI=1S/C22H24N2O3/c1-27-19-7-3-2-5-15(19)10-11-23-22(26)18-13-16-6-4-12-24-20(25)9-8-17(14-18)21(16)24/h2-3,5,7,13-14H,4,6,8-12H2,1H3,(H,23,26). The topological polar surface area (TPSA) is 58.6 Å². The molecule has 2 aromatic carbocycles. The molecule has 0 bridgehead atoms.